The van der Waals surface area contributed by atoms with Gasteiger partial charge in [-0.25, -0.2) is 4.98 Å². The number of benzene rings is 2. The standard InChI is InChI=1S/C23H27N3O2/c1-4-20(23-24-15-21(26-23)18-10-6-5-7-11-18)25-22(27)14-17-9-8-12-19(13-17)28-16(2)3/h5-13,15-16,20H,4,14H2,1-3H3,(H,24,26)(H,25,27). The minimum Gasteiger partial charge on any atom is -0.491 e. The number of carbonyl (C=O) groups excluding carboxylic acids is 1. The zero-order valence-electron chi connectivity index (χ0n) is 16.6. The Morgan fingerprint density at radius 3 is 2.64 bits per heavy atom. The van der Waals surface area contributed by atoms with Gasteiger partial charge in [0.1, 0.15) is 11.6 Å². The van der Waals surface area contributed by atoms with Gasteiger partial charge in [-0.2, -0.15) is 0 Å². The minimum atomic E-state index is -0.153. The quantitative estimate of drug-likeness (QED) is 0.599. The summed E-state index contributed by atoms with van der Waals surface area (Å²) in [6.45, 7) is 6.00. The van der Waals surface area contributed by atoms with Gasteiger partial charge in [0.05, 0.1) is 30.5 Å². The van der Waals surface area contributed by atoms with Crippen LogP contribution in [-0.2, 0) is 11.2 Å². The molecule has 3 aromatic rings. The van der Waals surface area contributed by atoms with Crippen molar-refractivity contribution in [1.82, 2.24) is 15.3 Å². The summed E-state index contributed by atoms with van der Waals surface area (Å²) >= 11 is 0. The van der Waals surface area contributed by atoms with Crippen LogP contribution < -0.4 is 10.1 Å². The lowest BCUT2D eigenvalue weighted by Gasteiger charge is -2.15. The molecular formula is C23H27N3O2. The fourth-order valence-electron chi connectivity index (χ4n) is 3.07. The first-order valence-electron chi connectivity index (χ1n) is 9.70. The van der Waals surface area contributed by atoms with Crippen LogP contribution in [0.2, 0.25) is 0 Å². The first-order chi connectivity index (χ1) is 13.5. The van der Waals surface area contributed by atoms with Crippen LogP contribution in [0.1, 0.15) is 44.6 Å². The van der Waals surface area contributed by atoms with Gasteiger partial charge < -0.3 is 15.0 Å². The third kappa shape index (κ3) is 5.22. The third-order valence-electron chi connectivity index (χ3n) is 4.39. The first kappa shape index (κ1) is 19.7. The summed E-state index contributed by atoms with van der Waals surface area (Å²) < 4.78 is 5.71. The zero-order chi connectivity index (χ0) is 19.9. The lowest BCUT2D eigenvalue weighted by molar-refractivity contribution is -0.121. The smallest absolute Gasteiger partial charge is 0.225 e. The van der Waals surface area contributed by atoms with Gasteiger partial charge in [0, 0.05) is 0 Å². The lowest BCUT2D eigenvalue weighted by Crippen LogP contribution is -2.30. The molecule has 0 aliphatic rings. The Morgan fingerprint density at radius 2 is 1.93 bits per heavy atom. The largest absolute Gasteiger partial charge is 0.491 e. The summed E-state index contributed by atoms with van der Waals surface area (Å²) in [6.07, 6.45) is 2.97. The lowest BCUT2D eigenvalue weighted by atomic mass is 10.1. The highest BCUT2D eigenvalue weighted by molar-refractivity contribution is 5.79. The van der Waals surface area contributed by atoms with Gasteiger partial charge in [-0.05, 0) is 43.5 Å². The molecule has 28 heavy (non-hydrogen) atoms. The number of aromatic nitrogens is 2. The van der Waals surface area contributed by atoms with Crippen LogP contribution >= 0.6 is 0 Å². The molecule has 1 unspecified atom stereocenters. The molecular weight excluding hydrogens is 350 g/mol. The second-order valence-electron chi connectivity index (χ2n) is 7.07. The van der Waals surface area contributed by atoms with E-state index in [0.717, 1.165) is 34.8 Å². The van der Waals surface area contributed by atoms with Crippen LogP contribution in [0.15, 0.2) is 60.8 Å². The fourth-order valence-corrected chi connectivity index (χ4v) is 3.07. The van der Waals surface area contributed by atoms with Crippen molar-refractivity contribution in [3.8, 4) is 17.0 Å². The highest BCUT2D eigenvalue weighted by atomic mass is 16.5. The Kier molecular flexibility index (Phi) is 6.48. The Bertz CT molecular complexity index is 903. The van der Waals surface area contributed by atoms with Crippen LogP contribution in [-0.4, -0.2) is 22.0 Å². The summed E-state index contributed by atoms with van der Waals surface area (Å²) in [7, 11) is 0. The molecule has 5 heteroatoms. The number of hydrogen-bond acceptors (Lipinski definition) is 3. The van der Waals surface area contributed by atoms with Crippen molar-refractivity contribution < 1.29 is 9.53 Å². The van der Waals surface area contributed by atoms with Crippen LogP contribution in [0, 0.1) is 0 Å². The summed E-state index contributed by atoms with van der Waals surface area (Å²) in [4.78, 5) is 20.4. The van der Waals surface area contributed by atoms with E-state index >= 15 is 0 Å². The Hall–Kier alpha value is -3.08. The van der Waals surface area contributed by atoms with Crippen molar-refractivity contribution in [1.29, 1.82) is 0 Å². The molecule has 146 valence electrons. The average molecular weight is 377 g/mol. The molecule has 0 radical (unpaired) electrons. The maximum absolute atomic E-state index is 12.6. The number of imidazole rings is 1. The number of aromatic amines is 1. The Labute approximate surface area is 166 Å². The monoisotopic (exact) mass is 377 g/mol. The van der Waals surface area contributed by atoms with Gasteiger partial charge in [-0.3, -0.25) is 4.79 Å². The Balaban J connectivity index is 1.65. The molecule has 0 saturated carbocycles. The normalized spacial score (nSPS) is 12.0. The zero-order valence-corrected chi connectivity index (χ0v) is 16.6. The number of nitrogens with one attached hydrogen (secondary N) is 2. The molecule has 0 fully saturated rings. The second kappa shape index (κ2) is 9.22. The molecule has 3 rings (SSSR count). The molecule has 1 aromatic heterocycles. The van der Waals surface area contributed by atoms with Crippen molar-refractivity contribution >= 4 is 5.91 Å². The molecule has 0 spiro atoms. The number of hydrogen-bond donors (Lipinski definition) is 2. The molecule has 1 heterocycles. The number of carbonyl (C=O) groups is 1. The van der Waals surface area contributed by atoms with Crippen molar-refractivity contribution in [2.75, 3.05) is 0 Å². The summed E-state index contributed by atoms with van der Waals surface area (Å²) in [5.74, 6) is 1.52. The highest BCUT2D eigenvalue weighted by Gasteiger charge is 2.17. The van der Waals surface area contributed by atoms with Gasteiger partial charge in [-0.1, -0.05) is 49.4 Å². The maximum atomic E-state index is 12.6. The van der Waals surface area contributed by atoms with Crippen LogP contribution in [0.25, 0.3) is 11.3 Å². The van der Waals surface area contributed by atoms with Crippen molar-refractivity contribution in [2.24, 2.45) is 0 Å². The summed E-state index contributed by atoms with van der Waals surface area (Å²) in [5.41, 5.74) is 2.95. The van der Waals surface area contributed by atoms with Gasteiger partial charge >= 0.3 is 0 Å². The fraction of sp³-hybridized carbons (Fsp3) is 0.304. The number of amides is 1. The van der Waals surface area contributed by atoms with Crippen molar-refractivity contribution in [2.45, 2.75) is 45.8 Å². The maximum Gasteiger partial charge on any atom is 0.225 e. The number of H-pyrrole nitrogens is 1. The topological polar surface area (TPSA) is 67.0 Å². The molecule has 5 nitrogen and oxygen atoms in total. The molecule has 2 aromatic carbocycles. The first-order valence-corrected chi connectivity index (χ1v) is 9.70. The summed E-state index contributed by atoms with van der Waals surface area (Å²) in [6, 6.07) is 17.6. The summed E-state index contributed by atoms with van der Waals surface area (Å²) in [5, 5.41) is 3.08. The second-order valence-corrected chi connectivity index (χ2v) is 7.07. The minimum absolute atomic E-state index is 0.0359. The molecule has 1 atom stereocenters. The van der Waals surface area contributed by atoms with Gasteiger partial charge in [-0.15, -0.1) is 0 Å². The SMILES string of the molecule is CCC(NC(=O)Cc1cccc(OC(C)C)c1)c1ncc(-c2ccccc2)[nH]1. The molecule has 0 aliphatic heterocycles. The molecule has 2 N–H and O–H groups in total. The van der Waals surface area contributed by atoms with E-state index in [9.17, 15) is 4.79 Å². The van der Waals surface area contributed by atoms with Gasteiger partial charge in [0.25, 0.3) is 0 Å². The average Bonchev–Trinajstić information content (AvgIpc) is 3.16. The molecule has 0 bridgehead atoms. The van der Waals surface area contributed by atoms with E-state index in [4.69, 9.17) is 4.74 Å². The van der Waals surface area contributed by atoms with Crippen molar-refractivity contribution in [3.05, 3.63) is 72.2 Å². The van der Waals surface area contributed by atoms with Crippen LogP contribution in [0.4, 0.5) is 0 Å². The van der Waals surface area contributed by atoms with E-state index < -0.39 is 0 Å². The van der Waals surface area contributed by atoms with E-state index in [2.05, 4.69) is 15.3 Å². The molecule has 0 aliphatic carbocycles. The molecule has 1 amide bonds. The predicted octanol–water partition coefficient (Wildman–Crippen LogP) is 4.67. The van der Waals surface area contributed by atoms with E-state index in [-0.39, 0.29) is 18.1 Å². The van der Waals surface area contributed by atoms with Crippen molar-refractivity contribution in [3.63, 3.8) is 0 Å². The van der Waals surface area contributed by atoms with Gasteiger partial charge in [0.15, 0.2) is 0 Å². The van der Waals surface area contributed by atoms with Gasteiger partial charge in [0.2, 0.25) is 5.91 Å². The number of ether oxygens (including phenoxy) is 1. The van der Waals surface area contributed by atoms with E-state index in [1.807, 2.05) is 81.6 Å². The number of rotatable bonds is 8. The van der Waals surface area contributed by atoms with E-state index in [0.29, 0.717) is 6.42 Å². The highest BCUT2D eigenvalue weighted by Crippen LogP contribution is 2.21. The predicted molar refractivity (Wildman–Crippen MR) is 111 cm³/mol. The van der Waals surface area contributed by atoms with Crippen LogP contribution in [0.5, 0.6) is 5.75 Å². The van der Waals surface area contributed by atoms with Crippen LogP contribution in [0.3, 0.4) is 0 Å². The third-order valence-corrected chi connectivity index (χ3v) is 4.39. The molecule has 0 saturated heterocycles. The Morgan fingerprint density at radius 1 is 1.14 bits per heavy atom. The number of nitrogens with zero attached hydrogens (tertiary/aromatic N) is 1. The van der Waals surface area contributed by atoms with E-state index in [1.165, 1.54) is 0 Å². The van der Waals surface area contributed by atoms with E-state index in [1.54, 1.807) is 0 Å².